The molecule has 2 aliphatic heterocycles. The van der Waals surface area contributed by atoms with E-state index < -0.39 is 11.7 Å². The Kier molecular flexibility index (Phi) is 8.82. The molecule has 0 saturated carbocycles. The fourth-order valence-corrected chi connectivity index (χ4v) is 5.50. The number of nitrogens with one attached hydrogen (secondary N) is 2. The Labute approximate surface area is 240 Å². The van der Waals surface area contributed by atoms with Crippen LogP contribution in [-0.2, 0) is 4.79 Å². The molecular formula is C32H36FN5O3. The van der Waals surface area contributed by atoms with Gasteiger partial charge in [-0.2, -0.15) is 0 Å². The lowest BCUT2D eigenvalue weighted by atomic mass is 10.1. The molecule has 0 aliphatic carbocycles. The molecule has 41 heavy (non-hydrogen) atoms. The molecule has 0 bridgehead atoms. The van der Waals surface area contributed by atoms with E-state index in [1.165, 1.54) is 29.4 Å². The van der Waals surface area contributed by atoms with E-state index in [-0.39, 0.29) is 17.4 Å². The third-order valence-electron chi connectivity index (χ3n) is 7.73. The predicted molar refractivity (Wildman–Crippen MR) is 159 cm³/mol. The Morgan fingerprint density at radius 3 is 2.27 bits per heavy atom. The summed E-state index contributed by atoms with van der Waals surface area (Å²) in [5, 5.41) is 5.85. The topological polar surface area (TPSA) is 85.0 Å². The number of piperazine rings is 1. The quantitative estimate of drug-likeness (QED) is 0.380. The van der Waals surface area contributed by atoms with E-state index in [9.17, 15) is 18.8 Å². The van der Waals surface area contributed by atoms with Crippen molar-refractivity contribution in [2.24, 2.45) is 0 Å². The number of rotatable bonds is 9. The van der Waals surface area contributed by atoms with Crippen LogP contribution < -0.4 is 20.4 Å². The molecule has 0 aromatic heterocycles. The normalized spacial score (nSPS) is 15.3. The molecule has 5 rings (SSSR count). The molecule has 0 radical (unpaired) electrons. The average Bonchev–Trinajstić information content (AvgIpc) is 3.40. The number of amides is 3. The highest BCUT2D eigenvalue weighted by molar-refractivity contribution is 6.07. The fraction of sp³-hybridized carbons (Fsp3) is 0.344. The van der Waals surface area contributed by atoms with Gasteiger partial charge in [0.15, 0.2) is 0 Å². The van der Waals surface area contributed by atoms with Crippen molar-refractivity contribution in [3.05, 3.63) is 89.2 Å². The largest absolute Gasteiger partial charge is 0.368 e. The van der Waals surface area contributed by atoms with Crippen molar-refractivity contribution in [1.82, 2.24) is 10.2 Å². The van der Waals surface area contributed by atoms with Crippen LogP contribution in [0.15, 0.2) is 66.7 Å². The number of carbonyl (C=O) groups is 3. The highest BCUT2D eigenvalue weighted by atomic mass is 19.1. The standard InChI is InChI=1S/C32H36FN5O3/c1-23-7-2-3-10-28(23)36-17-19-37(20-18-36)29-13-12-25(31(40)34-14-6-16-38-15-5-11-30(38)39)22-27(29)35-32(41)24-8-4-9-26(33)21-24/h2-4,7-10,12-13,21-22H,5-6,11,14-20H2,1H3,(H,34,40)(H,35,41). The summed E-state index contributed by atoms with van der Waals surface area (Å²) < 4.78 is 13.8. The van der Waals surface area contributed by atoms with Crippen LogP contribution in [0.25, 0.3) is 0 Å². The summed E-state index contributed by atoms with van der Waals surface area (Å²) >= 11 is 0. The Morgan fingerprint density at radius 2 is 1.56 bits per heavy atom. The van der Waals surface area contributed by atoms with E-state index in [0.29, 0.717) is 37.2 Å². The Morgan fingerprint density at radius 1 is 0.829 bits per heavy atom. The second-order valence-electron chi connectivity index (χ2n) is 10.6. The van der Waals surface area contributed by atoms with Crippen molar-refractivity contribution in [1.29, 1.82) is 0 Å². The number of halogens is 1. The van der Waals surface area contributed by atoms with Crippen LogP contribution in [0, 0.1) is 12.7 Å². The second kappa shape index (κ2) is 12.8. The minimum atomic E-state index is -0.492. The number of nitrogens with zero attached hydrogens (tertiary/aromatic N) is 3. The van der Waals surface area contributed by atoms with Crippen molar-refractivity contribution in [3.63, 3.8) is 0 Å². The molecule has 2 fully saturated rings. The number of hydrogen-bond donors (Lipinski definition) is 2. The molecule has 2 N–H and O–H groups in total. The zero-order valence-corrected chi connectivity index (χ0v) is 23.4. The van der Waals surface area contributed by atoms with Crippen LogP contribution in [0.5, 0.6) is 0 Å². The Hall–Kier alpha value is -4.40. The van der Waals surface area contributed by atoms with Gasteiger partial charge in [0.1, 0.15) is 5.82 Å². The van der Waals surface area contributed by atoms with E-state index in [0.717, 1.165) is 44.8 Å². The maximum Gasteiger partial charge on any atom is 0.255 e. The molecule has 8 nitrogen and oxygen atoms in total. The Balaban J connectivity index is 1.29. The molecule has 214 valence electrons. The van der Waals surface area contributed by atoms with Gasteiger partial charge < -0.3 is 25.3 Å². The first-order chi connectivity index (χ1) is 19.9. The van der Waals surface area contributed by atoms with E-state index in [1.54, 1.807) is 18.2 Å². The van der Waals surface area contributed by atoms with Gasteiger partial charge in [-0.25, -0.2) is 4.39 Å². The first-order valence-corrected chi connectivity index (χ1v) is 14.2. The average molecular weight is 558 g/mol. The molecule has 0 atom stereocenters. The maximum absolute atomic E-state index is 13.8. The molecule has 3 aromatic rings. The van der Waals surface area contributed by atoms with Crippen LogP contribution in [0.3, 0.4) is 0 Å². The van der Waals surface area contributed by atoms with Crippen molar-refractivity contribution < 1.29 is 18.8 Å². The number of hydrogen-bond acceptors (Lipinski definition) is 5. The zero-order chi connectivity index (χ0) is 28.8. The predicted octanol–water partition coefficient (Wildman–Crippen LogP) is 4.46. The highest BCUT2D eigenvalue weighted by Gasteiger charge is 2.23. The van der Waals surface area contributed by atoms with Gasteiger partial charge in [-0.15, -0.1) is 0 Å². The van der Waals surface area contributed by atoms with E-state index in [4.69, 9.17) is 0 Å². The fourth-order valence-electron chi connectivity index (χ4n) is 5.50. The molecule has 2 heterocycles. The lowest BCUT2D eigenvalue weighted by Crippen LogP contribution is -2.47. The molecule has 3 aromatic carbocycles. The first kappa shape index (κ1) is 28.1. The summed E-state index contributed by atoms with van der Waals surface area (Å²) in [5.74, 6) is -1.02. The molecule has 0 spiro atoms. The lowest BCUT2D eigenvalue weighted by Gasteiger charge is -2.38. The van der Waals surface area contributed by atoms with Gasteiger partial charge in [0, 0.05) is 69.0 Å². The monoisotopic (exact) mass is 557 g/mol. The molecule has 0 unspecified atom stereocenters. The summed E-state index contributed by atoms with van der Waals surface area (Å²) in [4.78, 5) is 44.3. The van der Waals surface area contributed by atoms with Gasteiger partial charge in [0.2, 0.25) is 5.91 Å². The molecule has 2 aliphatic rings. The lowest BCUT2D eigenvalue weighted by molar-refractivity contribution is -0.127. The number of aryl methyl sites for hydroxylation is 1. The number of carbonyl (C=O) groups excluding carboxylic acids is 3. The second-order valence-corrected chi connectivity index (χ2v) is 10.6. The van der Waals surface area contributed by atoms with E-state index >= 15 is 0 Å². The number of benzene rings is 3. The maximum atomic E-state index is 13.8. The molecular weight excluding hydrogens is 521 g/mol. The highest BCUT2D eigenvalue weighted by Crippen LogP contribution is 2.30. The smallest absolute Gasteiger partial charge is 0.255 e. The summed E-state index contributed by atoms with van der Waals surface area (Å²) in [6, 6.07) is 19.2. The van der Waals surface area contributed by atoms with Gasteiger partial charge in [0.25, 0.3) is 11.8 Å². The van der Waals surface area contributed by atoms with Crippen LogP contribution in [0.1, 0.15) is 45.5 Å². The third-order valence-corrected chi connectivity index (χ3v) is 7.73. The van der Waals surface area contributed by atoms with Crippen molar-refractivity contribution in [3.8, 4) is 0 Å². The summed E-state index contributed by atoms with van der Waals surface area (Å²) in [6.07, 6.45) is 2.16. The van der Waals surface area contributed by atoms with Crippen LogP contribution >= 0.6 is 0 Å². The molecule has 9 heteroatoms. The number of para-hydroxylation sites is 1. The Bertz CT molecular complexity index is 1420. The van der Waals surface area contributed by atoms with Crippen molar-refractivity contribution in [2.45, 2.75) is 26.2 Å². The summed E-state index contributed by atoms with van der Waals surface area (Å²) in [5.41, 5.74) is 4.37. The van der Waals surface area contributed by atoms with E-state index in [1.807, 2.05) is 23.1 Å². The van der Waals surface area contributed by atoms with Crippen molar-refractivity contribution >= 4 is 34.8 Å². The van der Waals surface area contributed by atoms with Gasteiger partial charge in [-0.3, -0.25) is 14.4 Å². The minimum Gasteiger partial charge on any atom is -0.368 e. The van der Waals surface area contributed by atoms with Crippen LogP contribution in [0.4, 0.5) is 21.5 Å². The SMILES string of the molecule is Cc1ccccc1N1CCN(c2ccc(C(=O)NCCCN3CCCC3=O)cc2NC(=O)c2cccc(F)c2)CC1. The first-order valence-electron chi connectivity index (χ1n) is 14.2. The van der Waals surface area contributed by atoms with Gasteiger partial charge >= 0.3 is 0 Å². The number of anilines is 3. The zero-order valence-electron chi connectivity index (χ0n) is 23.4. The van der Waals surface area contributed by atoms with Gasteiger partial charge in [-0.1, -0.05) is 24.3 Å². The van der Waals surface area contributed by atoms with Gasteiger partial charge in [-0.05, 0) is 67.8 Å². The van der Waals surface area contributed by atoms with Crippen molar-refractivity contribution in [2.75, 3.05) is 60.9 Å². The van der Waals surface area contributed by atoms with Crippen LogP contribution in [0.2, 0.25) is 0 Å². The number of likely N-dealkylation sites (tertiary alicyclic amines) is 1. The van der Waals surface area contributed by atoms with E-state index in [2.05, 4.69) is 39.5 Å². The summed E-state index contributed by atoms with van der Waals surface area (Å²) in [7, 11) is 0. The molecule has 3 amide bonds. The van der Waals surface area contributed by atoms with Crippen LogP contribution in [-0.4, -0.2) is 68.4 Å². The molecule has 2 saturated heterocycles. The van der Waals surface area contributed by atoms with Gasteiger partial charge in [0.05, 0.1) is 11.4 Å². The summed E-state index contributed by atoms with van der Waals surface area (Å²) in [6.45, 7) is 7.04. The third kappa shape index (κ3) is 6.85. The minimum absolute atomic E-state index is 0.172.